The van der Waals surface area contributed by atoms with Gasteiger partial charge in [-0.1, -0.05) is 31.1 Å². The molecule has 0 N–H and O–H groups in total. The summed E-state index contributed by atoms with van der Waals surface area (Å²) in [5, 5.41) is 4.08. The average Bonchev–Trinajstić information content (AvgIpc) is 3.33. The highest BCUT2D eigenvalue weighted by Gasteiger charge is 2.37. The number of carbonyl (C=O) groups excluding carboxylic acids is 1. The molecule has 1 amide bonds. The Morgan fingerprint density at radius 2 is 2.20 bits per heavy atom. The van der Waals surface area contributed by atoms with E-state index in [0.29, 0.717) is 36.2 Å². The number of rotatable bonds is 3. The molecule has 0 spiro atoms. The SMILES string of the molecule is CCc1nc([C@@H]2CCCN2C(=O)c2cccc3c2O[C@@H](C)[C@H]3C)no1. The highest BCUT2D eigenvalue weighted by Crippen LogP contribution is 2.42. The van der Waals surface area contributed by atoms with Gasteiger partial charge in [0, 0.05) is 24.4 Å². The van der Waals surface area contributed by atoms with E-state index in [4.69, 9.17) is 9.26 Å². The van der Waals surface area contributed by atoms with Crippen molar-refractivity contribution >= 4 is 5.91 Å². The Balaban J connectivity index is 1.65. The molecule has 2 aromatic rings. The highest BCUT2D eigenvalue weighted by atomic mass is 16.5. The smallest absolute Gasteiger partial charge is 0.258 e. The lowest BCUT2D eigenvalue weighted by Gasteiger charge is -2.23. The Labute approximate surface area is 147 Å². The fourth-order valence-corrected chi connectivity index (χ4v) is 3.73. The van der Waals surface area contributed by atoms with Crippen LogP contribution in [0.5, 0.6) is 5.75 Å². The van der Waals surface area contributed by atoms with Gasteiger partial charge >= 0.3 is 0 Å². The van der Waals surface area contributed by atoms with Crippen LogP contribution < -0.4 is 4.74 Å². The largest absolute Gasteiger partial charge is 0.489 e. The number of para-hydroxylation sites is 1. The lowest BCUT2D eigenvalue weighted by atomic mass is 9.96. The second-order valence-corrected chi connectivity index (χ2v) is 6.89. The minimum absolute atomic E-state index is 0.0106. The second-order valence-electron chi connectivity index (χ2n) is 6.89. The molecular formula is C19H23N3O3. The van der Waals surface area contributed by atoms with Gasteiger partial charge in [-0.05, 0) is 25.8 Å². The van der Waals surface area contributed by atoms with Crippen LogP contribution in [0.1, 0.15) is 73.2 Å². The van der Waals surface area contributed by atoms with Crippen LogP contribution >= 0.6 is 0 Å². The van der Waals surface area contributed by atoms with Gasteiger partial charge in [-0.2, -0.15) is 4.98 Å². The maximum Gasteiger partial charge on any atom is 0.258 e. The molecule has 2 aliphatic rings. The van der Waals surface area contributed by atoms with E-state index in [9.17, 15) is 4.79 Å². The predicted molar refractivity (Wildman–Crippen MR) is 91.6 cm³/mol. The molecule has 4 rings (SSSR count). The lowest BCUT2D eigenvalue weighted by molar-refractivity contribution is 0.0723. The van der Waals surface area contributed by atoms with Gasteiger partial charge in [0.2, 0.25) is 5.89 Å². The fraction of sp³-hybridized carbons (Fsp3) is 0.526. The first-order valence-corrected chi connectivity index (χ1v) is 9.03. The van der Waals surface area contributed by atoms with Crippen LogP contribution in [0, 0.1) is 0 Å². The summed E-state index contributed by atoms with van der Waals surface area (Å²) >= 11 is 0. The molecule has 25 heavy (non-hydrogen) atoms. The number of likely N-dealkylation sites (tertiary alicyclic amines) is 1. The first-order chi connectivity index (χ1) is 12.1. The summed E-state index contributed by atoms with van der Waals surface area (Å²) in [4.78, 5) is 19.5. The first-order valence-electron chi connectivity index (χ1n) is 9.03. The number of fused-ring (bicyclic) bond motifs is 1. The maximum atomic E-state index is 13.2. The summed E-state index contributed by atoms with van der Waals surface area (Å²) < 4.78 is 11.2. The normalized spacial score (nSPS) is 25.1. The van der Waals surface area contributed by atoms with Crippen LogP contribution in [-0.2, 0) is 6.42 Å². The number of ether oxygens (including phenoxy) is 1. The van der Waals surface area contributed by atoms with E-state index >= 15 is 0 Å². The van der Waals surface area contributed by atoms with Crippen LogP contribution in [0.4, 0.5) is 0 Å². The molecule has 1 aromatic heterocycles. The maximum absolute atomic E-state index is 13.2. The Morgan fingerprint density at radius 1 is 1.36 bits per heavy atom. The molecule has 1 fully saturated rings. The molecular weight excluding hydrogens is 318 g/mol. The van der Waals surface area contributed by atoms with Gasteiger partial charge in [0.1, 0.15) is 11.9 Å². The summed E-state index contributed by atoms with van der Waals surface area (Å²) in [5.41, 5.74) is 1.75. The average molecular weight is 341 g/mol. The molecule has 0 radical (unpaired) electrons. The van der Waals surface area contributed by atoms with E-state index in [-0.39, 0.29) is 18.1 Å². The number of aromatic nitrogens is 2. The molecule has 2 aliphatic heterocycles. The third-order valence-electron chi connectivity index (χ3n) is 5.37. The molecule has 0 unspecified atom stereocenters. The second kappa shape index (κ2) is 6.17. The van der Waals surface area contributed by atoms with Gasteiger partial charge in [-0.15, -0.1) is 0 Å². The van der Waals surface area contributed by atoms with Crippen LogP contribution in [0.3, 0.4) is 0 Å². The summed E-state index contributed by atoms with van der Waals surface area (Å²) in [6, 6.07) is 5.73. The van der Waals surface area contributed by atoms with E-state index < -0.39 is 0 Å². The van der Waals surface area contributed by atoms with Gasteiger partial charge in [-0.25, -0.2) is 0 Å². The number of hydrogen-bond acceptors (Lipinski definition) is 5. The molecule has 1 saturated heterocycles. The fourth-order valence-electron chi connectivity index (χ4n) is 3.73. The summed E-state index contributed by atoms with van der Waals surface area (Å²) in [5.74, 6) is 2.24. The molecule has 3 heterocycles. The van der Waals surface area contributed by atoms with E-state index in [1.54, 1.807) is 0 Å². The number of amides is 1. The van der Waals surface area contributed by atoms with E-state index in [1.807, 2.05) is 30.9 Å². The Kier molecular flexibility index (Phi) is 3.98. The first kappa shape index (κ1) is 16.1. The van der Waals surface area contributed by atoms with E-state index in [2.05, 4.69) is 23.1 Å². The van der Waals surface area contributed by atoms with Gasteiger partial charge < -0.3 is 14.2 Å². The van der Waals surface area contributed by atoms with Crippen molar-refractivity contribution < 1.29 is 14.1 Å². The van der Waals surface area contributed by atoms with E-state index in [0.717, 1.165) is 24.2 Å². The van der Waals surface area contributed by atoms with Gasteiger partial charge in [0.25, 0.3) is 5.91 Å². The summed E-state index contributed by atoms with van der Waals surface area (Å²) in [6.45, 7) is 6.86. The number of hydrogen-bond donors (Lipinski definition) is 0. The van der Waals surface area contributed by atoms with Gasteiger partial charge in [0.05, 0.1) is 11.6 Å². The third-order valence-corrected chi connectivity index (χ3v) is 5.37. The molecule has 0 bridgehead atoms. The number of aryl methyl sites for hydroxylation is 1. The monoisotopic (exact) mass is 341 g/mol. The zero-order valence-corrected chi connectivity index (χ0v) is 14.9. The van der Waals surface area contributed by atoms with Crippen molar-refractivity contribution in [2.45, 2.75) is 58.1 Å². The van der Waals surface area contributed by atoms with Crippen molar-refractivity contribution in [3.05, 3.63) is 41.0 Å². The molecule has 3 atom stereocenters. The van der Waals surface area contributed by atoms with Gasteiger partial charge in [0.15, 0.2) is 5.82 Å². The van der Waals surface area contributed by atoms with Crippen LogP contribution in [0.2, 0.25) is 0 Å². The Bertz CT molecular complexity index is 801. The summed E-state index contributed by atoms with van der Waals surface area (Å²) in [6.07, 6.45) is 2.58. The van der Waals surface area contributed by atoms with Crippen molar-refractivity contribution in [3.8, 4) is 5.75 Å². The molecule has 1 aromatic carbocycles. The van der Waals surface area contributed by atoms with Crippen molar-refractivity contribution in [2.75, 3.05) is 6.54 Å². The zero-order chi connectivity index (χ0) is 17.6. The molecule has 0 saturated carbocycles. The van der Waals surface area contributed by atoms with Crippen molar-refractivity contribution in [2.24, 2.45) is 0 Å². The molecule has 132 valence electrons. The summed E-state index contributed by atoms with van der Waals surface area (Å²) in [7, 11) is 0. The van der Waals surface area contributed by atoms with E-state index in [1.165, 1.54) is 0 Å². The minimum Gasteiger partial charge on any atom is -0.489 e. The Hall–Kier alpha value is -2.37. The van der Waals surface area contributed by atoms with Crippen LogP contribution in [0.15, 0.2) is 22.7 Å². The van der Waals surface area contributed by atoms with Crippen LogP contribution in [-0.4, -0.2) is 33.6 Å². The molecule has 6 nitrogen and oxygen atoms in total. The number of nitrogens with zero attached hydrogens (tertiary/aromatic N) is 3. The molecule has 6 heteroatoms. The van der Waals surface area contributed by atoms with Gasteiger partial charge in [-0.3, -0.25) is 4.79 Å². The van der Waals surface area contributed by atoms with Crippen molar-refractivity contribution in [1.82, 2.24) is 15.0 Å². The topological polar surface area (TPSA) is 68.5 Å². The standard InChI is InChI=1S/C19H23N3O3/c1-4-16-20-18(21-25-16)15-9-6-10-22(15)19(23)14-8-5-7-13-11(2)12(3)24-17(13)14/h5,7-8,11-12,15H,4,6,9-10H2,1-3H3/t11-,12+,15+/m1/s1. The Morgan fingerprint density at radius 3 is 2.96 bits per heavy atom. The molecule has 0 aliphatic carbocycles. The number of benzene rings is 1. The van der Waals surface area contributed by atoms with Crippen molar-refractivity contribution in [1.29, 1.82) is 0 Å². The predicted octanol–water partition coefficient (Wildman–Crippen LogP) is 3.49. The third kappa shape index (κ3) is 2.60. The van der Waals surface area contributed by atoms with Crippen LogP contribution in [0.25, 0.3) is 0 Å². The van der Waals surface area contributed by atoms with Crippen molar-refractivity contribution in [3.63, 3.8) is 0 Å². The quantitative estimate of drug-likeness (QED) is 0.855. The lowest BCUT2D eigenvalue weighted by Crippen LogP contribution is -2.31. The number of carbonyl (C=O) groups is 1. The minimum atomic E-state index is -0.122. The highest BCUT2D eigenvalue weighted by molar-refractivity contribution is 5.98. The zero-order valence-electron chi connectivity index (χ0n) is 14.9.